The molecule has 0 atom stereocenters. The van der Waals surface area contributed by atoms with Gasteiger partial charge >= 0.3 is 39.2 Å². The first kappa shape index (κ1) is 16.6. The minimum absolute atomic E-state index is 0. The number of H-pyrrole nitrogens is 2. The second-order valence-corrected chi connectivity index (χ2v) is 2.40. The van der Waals surface area contributed by atoms with Gasteiger partial charge in [0.25, 0.3) is 0 Å². The van der Waals surface area contributed by atoms with Gasteiger partial charge in [0.1, 0.15) is 0 Å². The largest absolute Gasteiger partial charge is 2.00 e. The van der Waals surface area contributed by atoms with Gasteiger partial charge in [-0.3, -0.25) is 0 Å². The minimum Gasteiger partial charge on any atom is -0.829 e. The van der Waals surface area contributed by atoms with Crippen molar-refractivity contribution in [1.29, 1.82) is 0 Å². The predicted molar refractivity (Wildman–Crippen MR) is 50.7 cm³/mol. The second-order valence-electron chi connectivity index (χ2n) is 2.40. The third-order valence-electron chi connectivity index (χ3n) is 1.25. The molecule has 2 heterocycles. The normalized spacial score (nSPS) is 8.84. The molecule has 0 aliphatic rings. The van der Waals surface area contributed by atoms with Crippen LogP contribution >= 0.6 is 0 Å². The van der Waals surface area contributed by atoms with E-state index in [1.54, 1.807) is 0 Å². The molecular formula is C4H2N8O6Pb. The van der Waals surface area contributed by atoms with E-state index in [9.17, 15) is 30.4 Å². The number of nitrogens with one attached hydrogen (secondary N) is 2. The van der Waals surface area contributed by atoms with E-state index in [0.717, 1.165) is 0 Å². The smallest absolute Gasteiger partial charge is 0.829 e. The van der Waals surface area contributed by atoms with Gasteiger partial charge in [0, 0.05) is 0 Å². The Morgan fingerprint density at radius 1 is 0.842 bits per heavy atom. The van der Waals surface area contributed by atoms with E-state index in [0.29, 0.717) is 0 Å². The molecule has 15 heteroatoms. The Balaban J connectivity index is 0.000000324. The maximum absolute atomic E-state index is 10.0. The van der Waals surface area contributed by atoms with E-state index in [-0.39, 0.29) is 27.3 Å². The molecule has 2 radical (unpaired) electrons. The Kier molecular flexibility index (Phi) is 6.23. The topological polar surface area (TPSA) is 216 Å². The summed E-state index contributed by atoms with van der Waals surface area (Å²) in [6, 6.07) is -1.75. The SMILES string of the molecule is O=[N+]([O-])c1nc([O-])n[nH]1.O=[N+]([O-])c1nc([O-])n[nH]1.[Pb+2]. The molecule has 0 aromatic carbocycles. The van der Waals surface area contributed by atoms with Gasteiger partial charge in [0.2, 0.25) is 12.0 Å². The van der Waals surface area contributed by atoms with Gasteiger partial charge in [0.15, 0.2) is 0 Å². The van der Waals surface area contributed by atoms with Gasteiger partial charge in [-0.1, -0.05) is 20.2 Å². The molecular weight excluding hydrogens is 463 g/mol. The average Bonchev–Trinajstić information content (AvgIpc) is 2.88. The van der Waals surface area contributed by atoms with E-state index in [2.05, 4.69) is 20.2 Å². The summed E-state index contributed by atoms with van der Waals surface area (Å²) in [6.45, 7) is 0. The first-order valence-electron chi connectivity index (χ1n) is 3.87. The maximum Gasteiger partial charge on any atom is 2.00 e. The maximum atomic E-state index is 10.0. The van der Waals surface area contributed by atoms with Crippen molar-refractivity contribution >= 4 is 39.2 Å². The van der Waals surface area contributed by atoms with Crippen molar-refractivity contribution in [1.82, 2.24) is 30.4 Å². The number of hydrogen-bond acceptors (Lipinski definition) is 10. The molecule has 0 spiro atoms. The molecule has 98 valence electrons. The Morgan fingerprint density at radius 2 is 1.16 bits per heavy atom. The van der Waals surface area contributed by atoms with Crippen LogP contribution < -0.4 is 10.2 Å². The molecule has 2 N–H and O–H groups in total. The van der Waals surface area contributed by atoms with Gasteiger partial charge in [-0.2, -0.15) is 0 Å². The molecule has 0 bridgehead atoms. The summed E-state index contributed by atoms with van der Waals surface area (Å²) in [4.78, 5) is 23.6. The third-order valence-corrected chi connectivity index (χ3v) is 1.25. The fourth-order valence-electron chi connectivity index (χ4n) is 0.640. The fraction of sp³-hybridized carbons (Fsp3) is 0. The number of nitro groups is 2. The Labute approximate surface area is 122 Å². The first-order valence-corrected chi connectivity index (χ1v) is 3.87. The van der Waals surface area contributed by atoms with Crippen molar-refractivity contribution in [3.63, 3.8) is 0 Å². The minimum atomic E-state index is -0.873. The van der Waals surface area contributed by atoms with Gasteiger partial charge in [-0.05, 0) is 9.85 Å². The van der Waals surface area contributed by atoms with E-state index in [1.165, 1.54) is 0 Å². The van der Waals surface area contributed by atoms with Gasteiger partial charge in [0.05, 0.1) is 0 Å². The van der Waals surface area contributed by atoms with Crippen LogP contribution in [0.5, 0.6) is 12.0 Å². The molecule has 0 saturated heterocycles. The summed E-state index contributed by atoms with van der Waals surface area (Å²) < 4.78 is 0. The van der Waals surface area contributed by atoms with Crippen molar-refractivity contribution in [2.24, 2.45) is 0 Å². The van der Waals surface area contributed by atoms with Crippen molar-refractivity contribution in [3.05, 3.63) is 20.2 Å². The van der Waals surface area contributed by atoms with Crippen LogP contribution in [-0.4, -0.2) is 67.5 Å². The van der Waals surface area contributed by atoms with Gasteiger partial charge in [-0.25, -0.2) is 0 Å². The fourth-order valence-corrected chi connectivity index (χ4v) is 0.640. The summed E-state index contributed by atoms with van der Waals surface area (Å²) >= 11 is 0. The second kappa shape index (κ2) is 7.13. The Morgan fingerprint density at radius 3 is 1.26 bits per heavy atom. The molecule has 0 saturated carbocycles. The zero-order valence-electron chi connectivity index (χ0n) is 8.63. The molecule has 0 fully saturated rings. The standard InChI is InChI=1S/2C2H2N4O3.Pb/c2*7-2-3-1(4-5-2)6(8)9;/h2*(H2,3,4,5,7);/q;;+2/p-2. The van der Waals surface area contributed by atoms with Gasteiger partial charge in [-0.15, -0.1) is 10.2 Å². The molecule has 2 aromatic heterocycles. The Hall–Kier alpha value is -2.40. The van der Waals surface area contributed by atoms with Crippen LogP contribution in [0, 0.1) is 20.2 Å². The van der Waals surface area contributed by atoms with Crippen molar-refractivity contribution in [2.45, 2.75) is 0 Å². The number of nitrogens with zero attached hydrogens (tertiary/aromatic N) is 6. The van der Waals surface area contributed by atoms with Crippen LogP contribution in [-0.2, 0) is 0 Å². The molecule has 2 rings (SSSR count). The summed E-state index contributed by atoms with van der Waals surface area (Å²) in [5.74, 6) is -1.25. The molecule has 0 amide bonds. The number of aromatic amines is 2. The van der Waals surface area contributed by atoms with E-state index in [1.807, 2.05) is 10.2 Å². The molecule has 19 heavy (non-hydrogen) atoms. The van der Waals surface area contributed by atoms with E-state index < -0.39 is 33.8 Å². The predicted octanol–water partition coefficient (Wildman–Crippen LogP) is -2.81. The van der Waals surface area contributed by atoms with Crippen LogP contribution in [0.15, 0.2) is 0 Å². The van der Waals surface area contributed by atoms with Crippen molar-refractivity contribution in [3.8, 4) is 12.0 Å². The summed E-state index contributed by atoms with van der Waals surface area (Å²) in [5.41, 5.74) is 0. The van der Waals surface area contributed by atoms with Crippen LogP contribution in [0.2, 0.25) is 0 Å². The first-order chi connectivity index (χ1) is 8.40. The van der Waals surface area contributed by atoms with Crippen LogP contribution in [0.4, 0.5) is 11.9 Å². The molecule has 2 aromatic rings. The molecule has 0 aliphatic heterocycles. The van der Waals surface area contributed by atoms with Gasteiger partial charge < -0.3 is 30.4 Å². The molecule has 14 nitrogen and oxygen atoms in total. The summed E-state index contributed by atoms with van der Waals surface area (Å²) in [7, 11) is 0. The van der Waals surface area contributed by atoms with Crippen molar-refractivity contribution < 1.29 is 20.1 Å². The average molecular weight is 465 g/mol. The number of aromatic nitrogens is 6. The third kappa shape index (κ3) is 5.18. The van der Waals surface area contributed by atoms with E-state index >= 15 is 0 Å². The quantitative estimate of drug-likeness (QED) is 0.264. The molecule has 0 aliphatic carbocycles. The number of hydrogen-bond donors (Lipinski definition) is 2. The van der Waals surface area contributed by atoms with E-state index in [4.69, 9.17) is 0 Å². The number of rotatable bonds is 2. The van der Waals surface area contributed by atoms with Crippen LogP contribution in [0.3, 0.4) is 0 Å². The van der Waals surface area contributed by atoms with Crippen LogP contribution in [0.1, 0.15) is 0 Å². The summed E-state index contributed by atoms with van der Waals surface area (Å²) in [6.07, 6.45) is 0. The monoisotopic (exact) mass is 466 g/mol. The van der Waals surface area contributed by atoms with Crippen LogP contribution in [0.25, 0.3) is 0 Å². The molecule has 0 unspecified atom stereocenters. The zero-order chi connectivity index (χ0) is 13.7. The zero-order valence-corrected chi connectivity index (χ0v) is 12.5. The van der Waals surface area contributed by atoms with Crippen molar-refractivity contribution in [2.75, 3.05) is 0 Å². The summed E-state index contributed by atoms with van der Waals surface area (Å²) in [5, 5.41) is 49.0. The Bertz CT molecular complexity index is 515.